The minimum atomic E-state index is -1.98. The number of aryl methyl sites for hydroxylation is 1. The summed E-state index contributed by atoms with van der Waals surface area (Å²) in [5.74, 6) is -0.262. The van der Waals surface area contributed by atoms with Crippen molar-refractivity contribution in [3.8, 4) is 5.75 Å². The summed E-state index contributed by atoms with van der Waals surface area (Å²) >= 11 is 6.17. The van der Waals surface area contributed by atoms with Crippen molar-refractivity contribution in [2.75, 3.05) is 12.0 Å². The lowest BCUT2D eigenvalue weighted by atomic mass is 9.88. The first-order valence-corrected chi connectivity index (χ1v) is 10.3. The number of ketones is 1. The van der Waals surface area contributed by atoms with Gasteiger partial charge in [0.1, 0.15) is 5.75 Å². The first kappa shape index (κ1) is 21.1. The van der Waals surface area contributed by atoms with Crippen molar-refractivity contribution in [1.29, 1.82) is 0 Å². The van der Waals surface area contributed by atoms with E-state index < -0.39 is 11.5 Å². The topological polar surface area (TPSA) is 66.8 Å². The van der Waals surface area contributed by atoms with E-state index in [2.05, 4.69) is 0 Å². The van der Waals surface area contributed by atoms with Crippen molar-refractivity contribution < 1.29 is 19.4 Å². The van der Waals surface area contributed by atoms with Crippen LogP contribution >= 0.6 is 11.6 Å². The molecule has 4 rings (SSSR count). The minimum Gasteiger partial charge on any atom is -0.497 e. The fourth-order valence-corrected chi connectivity index (χ4v) is 4.01. The zero-order chi connectivity index (χ0) is 22.2. The van der Waals surface area contributed by atoms with Crippen LogP contribution in [0.1, 0.15) is 33.5 Å². The number of rotatable bonds is 6. The summed E-state index contributed by atoms with van der Waals surface area (Å²) in [6.07, 6.45) is -0.379. The molecular formula is C25H22ClNO4. The minimum absolute atomic E-state index is 0.285. The van der Waals surface area contributed by atoms with Gasteiger partial charge in [0.05, 0.1) is 25.8 Å². The maximum atomic E-state index is 13.4. The molecule has 31 heavy (non-hydrogen) atoms. The summed E-state index contributed by atoms with van der Waals surface area (Å²) < 4.78 is 5.12. The molecule has 3 aromatic rings. The summed E-state index contributed by atoms with van der Waals surface area (Å²) in [7, 11) is 1.54. The zero-order valence-corrected chi connectivity index (χ0v) is 18.0. The van der Waals surface area contributed by atoms with E-state index >= 15 is 0 Å². The highest BCUT2D eigenvalue weighted by Gasteiger charge is 2.51. The Morgan fingerprint density at radius 3 is 2.39 bits per heavy atom. The molecule has 0 spiro atoms. The van der Waals surface area contributed by atoms with E-state index in [4.69, 9.17) is 16.3 Å². The van der Waals surface area contributed by atoms with E-state index in [1.165, 1.54) is 4.90 Å². The number of benzene rings is 3. The molecule has 5 nitrogen and oxygen atoms in total. The van der Waals surface area contributed by atoms with Crippen LogP contribution in [-0.4, -0.2) is 23.9 Å². The third-order valence-corrected chi connectivity index (χ3v) is 5.82. The van der Waals surface area contributed by atoms with Crippen LogP contribution in [0.2, 0.25) is 5.02 Å². The molecule has 1 atom stereocenters. The number of hydrogen-bond donors (Lipinski definition) is 1. The predicted octanol–water partition coefficient (Wildman–Crippen LogP) is 4.66. The Balaban J connectivity index is 1.67. The quantitative estimate of drug-likeness (QED) is 0.571. The maximum Gasteiger partial charge on any atom is 0.264 e. The molecule has 0 unspecified atom stereocenters. The van der Waals surface area contributed by atoms with Crippen molar-refractivity contribution in [3.05, 3.63) is 94.0 Å². The van der Waals surface area contributed by atoms with Gasteiger partial charge in [-0.3, -0.25) is 9.59 Å². The molecule has 1 aliphatic rings. The molecule has 1 heterocycles. The largest absolute Gasteiger partial charge is 0.497 e. The third-order valence-electron chi connectivity index (χ3n) is 5.58. The monoisotopic (exact) mass is 435 g/mol. The maximum absolute atomic E-state index is 13.4. The Labute approximate surface area is 185 Å². The van der Waals surface area contributed by atoms with E-state index in [0.29, 0.717) is 27.6 Å². The molecule has 1 amide bonds. The predicted molar refractivity (Wildman–Crippen MR) is 120 cm³/mol. The van der Waals surface area contributed by atoms with E-state index in [0.717, 1.165) is 11.1 Å². The molecule has 0 saturated heterocycles. The number of anilines is 1. The average molecular weight is 436 g/mol. The van der Waals surface area contributed by atoms with E-state index in [-0.39, 0.29) is 18.7 Å². The van der Waals surface area contributed by atoms with Crippen molar-refractivity contribution >= 4 is 29.0 Å². The molecule has 158 valence electrons. The number of ether oxygens (including phenoxy) is 1. The highest BCUT2D eigenvalue weighted by molar-refractivity contribution is 6.31. The summed E-state index contributed by atoms with van der Waals surface area (Å²) in [5, 5.41) is 11.9. The van der Waals surface area contributed by atoms with Gasteiger partial charge in [-0.05, 0) is 55.0 Å². The Hall–Kier alpha value is -3.15. The molecule has 0 aromatic heterocycles. The Kier molecular flexibility index (Phi) is 5.56. The van der Waals surface area contributed by atoms with Crippen LogP contribution in [0, 0.1) is 6.92 Å². The highest BCUT2D eigenvalue weighted by Crippen LogP contribution is 2.44. The molecular weight excluding hydrogens is 414 g/mol. The van der Waals surface area contributed by atoms with Crippen LogP contribution in [0.15, 0.2) is 66.7 Å². The number of amides is 1. The fraction of sp³-hybridized carbons (Fsp3) is 0.200. The van der Waals surface area contributed by atoms with Gasteiger partial charge in [-0.25, -0.2) is 0 Å². The number of carbonyl (C=O) groups is 2. The van der Waals surface area contributed by atoms with Crippen LogP contribution < -0.4 is 9.64 Å². The fourth-order valence-electron chi connectivity index (χ4n) is 3.84. The lowest BCUT2D eigenvalue weighted by Crippen LogP contribution is -2.41. The first-order chi connectivity index (χ1) is 14.8. The van der Waals surface area contributed by atoms with Crippen molar-refractivity contribution in [2.45, 2.75) is 25.5 Å². The Bertz CT molecular complexity index is 1140. The number of fused-ring (bicyclic) bond motifs is 1. The van der Waals surface area contributed by atoms with E-state index in [9.17, 15) is 14.7 Å². The smallest absolute Gasteiger partial charge is 0.264 e. The van der Waals surface area contributed by atoms with Gasteiger partial charge < -0.3 is 14.7 Å². The van der Waals surface area contributed by atoms with Gasteiger partial charge in [-0.15, -0.1) is 0 Å². The molecule has 0 radical (unpaired) electrons. The van der Waals surface area contributed by atoms with E-state index in [1.54, 1.807) is 49.6 Å². The van der Waals surface area contributed by atoms with Gasteiger partial charge in [0, 0.05) is 16.1 Å². The standard InChI is InChI=1S/C25H22ClNO4/c1-16-3-5-17(6-4-16)15-27-22-12-9-19(26)13-21(22)25(30,24(27)29)14-23(28)18-7-10-20(31-2)11-8-18/h3-13,30H,14-15H2,1-2H3/t25-/m1/s1. The molecule has 0 aliphatic carbocycles. The number of Topliss-reactive ketones (excluding diaryl/α,β-unsaturated/α-hetero) is 1. The summed E-state index contributed by atoms with van der Waals surface area (Å²) in [5.41, 5.74) is 1.35. The SMILES string of the molecule is COc1ccc(C(=O)C[C@]2(O)C(=O)N(Cc3ccc(C)cc3)c3ccc(Cl)cc32)cc1. The van der Waals surface area contributed by atoms with Crippen molar-refractivity contribution in [1.82, 2.24) is 0 Å². The van der Waals surface area contributed by atoms with Gasteiger partial charge in [0.25, 0.3) is 5.91 Å². The lowest BCUT2D eigenvalue weighted by molar-refractivity contribution is -0.136. The molecule has 1 N–H and O–H groups in total. The van der Waals surface area contributed by atoms with Crippen LogP contribution in [-0.2, 0) is 16.9 Å². The molecule has 0 bridgehead atoms. The van der Waals surface area contributed by atoms with Crippen LogP contribution in [0.5, 0.6) is 5.75 Å². The molecule has 1 aliphatic heterocycles. The summed E-state index contributed by atoms with van der Waals surface area (Å²) in [6, 6.07) is 19.3. The molecule has 6 heteroatoms. The van der Waals surface area contributed by atoms with Gasteiger partial charge >= 0.3 is 0 Å². The zero-order valence-electron chi connectivity index (χ0n) is 17.3. The van der Waals surface area contributed by atoms with Gasteiger partial charge in [-0.2, -0.15) is 0 Å². The normalized spacial score (nSPS) is 17.5. The van der Waals surface area contributed by atoms with Crippen LogP contribution in [0.25, 0.3) is 0 Å². The second kappa shape index (κ2) is 8.17. The third kappa shape index (κ3) is 3.94. The van der Waals surface area contributed by atoms with E-state index in [1.807, 2.05) is 31.2 Å². The molecule has 0 fully saturated rings. The number of halogens is 1. The molecule has 0 saturated carbocycles. The van der Waals surface area contributed by atoms with Crippen LogP contribution in [0.4, 0.5) is 5.69 Å². The molecule has 3 aromatic carbocycles. The average Bonchev–Trinajstić information content (AvgIpc) is 2.96. The second-order valence-corrected chi connectivity index (χ2v) is 8.16. The Morgan fingerprint density at radius 1 is 1.06 bits per heavy atom. The van der Waals surface area contributed by atoms with Crippen molar-refractivity contribution in [3.63, 3.8) is 0 Å². The number of hydrogen-bond acceptors (Lipinski definition) is 4. The summed E-state index contributed by atoms with van der Waals surface area (Å²) in [6.45, 7) is 2.28. The van der Waals surface area contributed by atoms with Gasteiger partial charge in [0.2, 0.25) is 0 Å². The lowest BCUT2D eigenvalue weighted by Gasteiger charge is -2.23. The highest BCUT2D eigenvalue weighted by atomic mass is 35.5. The van der Waals surface area contributed by atoms with Gasteiger partial charge in [0.15, 0.2) is 11.4 Å². The number of methoxy groups -OCH3 is 1. The first-order valence-electron chi connectivity index (χ1n) is 9.89. The van der Waals surface area contributed by atoms with Crippen molar-refractivity contribution in [2.24, 2.45) is 0 Å². The van der Waals surface area contributed by atoms with Gasteiger partial charge in [-0.1, -0.05) is 41.4 Å². The Morgan fingerprint density at radius 2 is 1.74 bits per heavy atom. The number of nitrogens with zero attached hydrogens (tertiary/aromatic N) is 1. The summed E-state index contributed by atoms with van der Waals surface area (Å²) in [4.78, 5) is 27.8. The number of aliphatic hydroxyl groups is 1. The van der Waals surface area contributed by atoms with Crippen LogP contribution in [0.3, 0.4) is 0 Å². The number of carbonyl (C=O) groups excluding carboxylic acids is 2. The second-order valence-electron chi connectivity index (χ2n) is 7.73.